The van der Waals surface area contributed by atoms with Gasteiger partial charge in [0.05, 0.1) is 16.8 Å². The van der Waals surface area contributed by atoms with Gasteiger partial charge in [0.2, 0.25) is 5.78 Å². The molecule has 0 N–H and O–H groups in total. The number of pyridine rings is 1. The molecule has 1 atom stereocenters. The molecule has 3 aromatic carbocycles. The number of ether oxygens (including phenoxy) is 1. The lowest BCUT2D eigenvalue weighted by atomic mass is 10.0. The maximum Gasteiger partial charge on any atom is 0.339 e. The largest absolute Gasteiger partial charge is 0.450 e. The Balaban J connectivity index is 1.73. The summed E-state index contributed by atoms with van der Waals surface area (Å²) in [5.41, 5.74) is 5.54. The van der Waals surface area contributed by atoms with Crippen molar-refractivity contribution in [2.45, 2.75) is 39.7 Å². The van der Waals surface area contributed by atoms with Crippen LogP contribution in [0.15, 0.2) is 78.9 Å². The first-order chi connectivity index (χ1) is 16.0. The second-order valence-corrected chi connectivity index (χ2v) is 8.16. The number of Topliss-reactive ketones (excluding diaryl/α,β-unsaturated/α-hetero) is 1. The van der Waals surface area contributed by atoms with E-state index in [0.717, 1.165) is 22.9 Å². The normalized spacial score (nSPS) is 11.8. The van der Waals surface area contributed by atoms with Crippen LogP contribution in [0.25, 0.3) is 22.2 Å². The van der Waals surface area contributed by atoms with E-state index in [1.807, 2.05) is 50.2 Å². The van der Waals surface area contributed by atoms with Gasteiger partial charge in [-0.15, -0.1) is 0 Å². The topological polar surface area (TPSA) is 56.3 Å². The van der Waals surface area contributed by atoms with Crippen LogP contribution in [0.1, 0.15) is 52.1 Å². The van der Waals surface area contributed by atoms with E-state index >= 15 is 0 Å². The molecule has 0 fully saturated rings. The number of nitrogens with zero attached hydrogens (tertiary/aromatic N) is 1. The fourth-order valence-electron chi connectivity index (χ4n) is 3.87. The van der Waals surface area contributed by atoms with E-state index in [9.17, 15) is 9.59 Å². The maximum absolute atomic E-state index is 13.4. The number of carbonyl (C=O) groups is 2. The van der Waals surface area contributed by atoms with Gasteiger partial charge in [-0.05, 0) is 43.5 Å². The second kappa shape index (κ2) is 9.78. The molecular formula is C29H27NO3. The molecule has 0 aliphatic rings. The predicted octanol–water partition coefficient (Wildman–Crippen LogP) is 6.59. The van der Waals surface area contributed by atoms with Crippen molar-refractivity contribution in [1.29, 1.82) is 0 Å². The number of fused-ring (bicyclic) bond motifs is 1. The molecule has 1 heterocycles. The first-order valence-electron chi connectivity index (χ1n) is 11.3. The number of aromatic nitrogens is 1. The number of carbonyl (C=O) groups excluding carboxylic acids is 2. The molecule has 0 aliphatic carbocycles. The van der Waals surface area contributed by atoms with E-state index in [4.69, 9.17) is 9.72 Å². The summed E-state index contributed by atoms with van der Waals surface area (Å²) in [6.07, 6.45) is 0.503. The summed E-state index contributed by atoms with van der Waals surface area (Å²) in [6, 6.07) is 24.7. The highest BCUT2D eigenvalue weighted by atomic mass is 16.5. The van der Waals surface area contributed by atoms with Crippen LogP contribution >= 0.6 is 0 Å². The monoisotopic (exact) mass is 437 g/mol. The number of esters is 1. The van der Waals surface area contributed by atoms with Crippen molar-refractivity contribution < 1.29 is 14.3 Å². The number of ketones is 1. The molecule has 1 aromatic heterocycles. The van der Waals surface area contributed by atoms with Gasteiger partial charge in [0.15, 0.2) is 6.10 Å². The van der Waals surface area contributed by atoms with Crippen molar-refractivity contribution in [3.8, 4) is 11.3 Å². The molecule has 0 spiro atoms. The zero-order valence-electron chi connectivity index (χ0n) is 19.2. The van der Waals surface area contributed by atoms with Gasteiger partial charge < -0.3 is 4.74 Å². The number of aryl methyl sites for hydroxylation is 2. The third-order valence-electron chi connectivity index (χ3n) is 5.81. The second-order valence-electron chi connectivity index (χ2n) is 8.16. The minimum Gasteiger partial charge on any atom is -0.450 e. The summed E-state index contributed by atoms with van der Waals surface area (Å²) >= 11 is 0. The molecule has 4 aromatic rings. The molecule has 4 rings (SSSR count). The van der Waals surface area contributed by atoms with Crippen LogP contribution in [0.2, 0.25) is 0 Å². The summed E-state index contributed by atoms with van der Waals surface area (Å²) < 4.78 is 5.76. The van der Waals surface area contributed by atoms with Crippen LogP contribution in [0, 0.1) is 6.92 Å². The molecule has 166 valence electrons. The molecule has 33 heavy (non-hydrogen) atoms. The van der Waals surface area contributed by atoms with Crippen LogP contribution in [0.4, 0.5) is 0 Å². The highest BCUT2D eigenvalue weighted by Gasteiger charge is 2.25. The standard InChI is InChI=1S/C29H27NO3/c1-4-20-12-14-21(15-13-20)26-18-24(23-17-19(3)11-16-25(23)30-26)29(32)33-27(5-2)28(31)22-9-7-6-8-10-22/h6-18,27H,4-5H2,1-3H3/t27-/m1/s1. The molecular weight excluding hydrogens is 410 g/mol. The summed E-state index contributed by atoms with van der Waals surface area (Å²) in [5, 5.41) is 0.718. The van der Waals surface area contributed by atoms with Gasteiger partial charge >= 0.3 is 5.97 Å². The van der Waals surface area contributed by atoms with E-state index in [1.54, 1.807) is 30.3 Å². The summed E-state index contributed by atoms with van der Waals surface area (Å²) in [6.45, 7) is 5.93. The van der Waals surface area contributed by atoms with Gasteiger partial charge in [0.25, 0.3) is 0 Å². The highest BCUT2D eigenvalue weighted by molar-refractivity contribution is 6.07. The van der Waals surface area contributed by atoms with E-state index < -0.39 is 12.1 Å². The van der Waals surface area contributed by atoms with Crippen molar-refractivity contribution in [2.24, 2.45) is 0 Å². The van der Waals surface area contributed by atoms with E-state index in [1.165, 1.54) is 5.56 Å². The fourth-order valence-corrected chi connectivity index (χ4v) is 3.87. The molecule has 4 nitrogen and oxygen atoms in total. The minimum atomic E-state index is -0.847. The Bertz CT molecular complexity index is 1290. The highest BCUT2D eigenvalue weighted by Crippen LogP contribution is 2.27. The number of rotatable bonds is 7. The van der Waals surface area contributed by atoms with Crippen molar-refractivity contribution in [1.82, 2.24) is 4.98 Å². The summed E-state index contributed by atoms with van der Waals surface area (Å²) in [4.78, 5) is 31.1. The van der Waals surface area contributed by atoms with Crippen LogP contribution in [0.3, 0.4) is 0 Å². The lowest BCUT2D eigenvalue weighted by Crippen LogP contribution is -2.27. The van der Waals surface area contributed by atoms with Crippen LogP contribution in [-0.2, 0) is 11.2 Å². The average Bonchev–Trinajstić information content (AvgIpc) is 2.86. The van der Waals surface area contributed by atoms with Gasteiger partial charge in [0, 0.05) is 16.5 Å². The third-order valence-corrected chi connectivity index (χ3v) is 5.81. The number of hydrogen-bond acceptors (Lipinski definition) is 4. The Morgan fingerprint density at radius 1 is 0.909 bits per heavy atom. The zero-order valence-corrected chi connectivity index (χ0v) is 19.2. The molecule has 0 aliphatic heterocycles. The van der Waals surface area contributed by atoms with Crippen molar-refractivity contribution in [3.63, 3.8) is 0 Å². The Kier molecular flexibility index (Phi) is 6.64. The lowest BCUT2D eigenvalue weighted by molar-refractivity contribution is 0.0279. The summed E-state index contributed by atoms with van der Waals surface area (Å²) in [7, 11) is 0. The van der Waals surface area contributed by atoms with E-state index in [2.05, 4.69) is 19.1 Å². The van der Waals surface area contributed by atoms with Gasteiger partial charge in [-0.2, -0.15) is 0 Å². The molecule has 0 saturated carbocycles. The Morgan fingerprint density at radius 2 is 1.64 bits per heavy atom. The van der Waals surface area contributed by atoms with Crippen molar-refractivity contribution in [2.75, 3.05) is 0 Å². The minimum absolute atomic E-state index is 0.198. The Labute approximate surface area is 194 Å². The van der Waals surface area contributed by atoms with E-state index in [-0.39, 0.29) is 5.78 Å². The van der Waals surface area contributed by atoms with Crippen molar-refractivity contribution in [3.05, 3.63) is 101 Å². The first-order valence-corrected chi connectivity index (χ1v) is 11.3. The van der Waals surface area contributed by atoms with Gasteiger partial charge in [0.1, 0.15) is 0 Å². The average molecular weight is 438 g/mol. The lowest BCUT2D eigenvalue weighted by Gasteiger charge is -2.17. The molecule has 0 amide bonds. The Morgan fingerprint density at radius 3 is 2.30 bits per heavy atom. The molecule has 0 radical (unpaired) electrons. The molecule has 0 unspecified atom stereocenters. The molecule has 4 heteroatoms. The van der Waals surface area contributed by atoms with Crippen LogP contribution in [0.5, 0.6) is 0 Å². The first kappa shape index (κ1) is 22.4. The van der Waals surface area contributed by atoms with Gasteiger partial charge in [-0.1, -0.05) is 80.1 Å². The zero-order chi connectivity index (χ0) is 23.4. The van der Waals surface area contributed by atoms with E-state index in [0.29, 0.717) is 28.8 Å². The molecule has 0 saturated heterocycles. The smallest absolute Gasteiger partial charge is 0.339 e. The van der Waals surface area contributed by atoms with Gasteiger partial charge in [-0.25, -0.2) is 9.78 Å². The van der Waals surface area contributed by atoms with Gasteiger partial charge in [-0.3, -0.25) is 4.79 Å². The number of hydrogen-bond donors (Lipinski definition) is 0. The fraction of sp³-hybridized carbons (Fsp3) is 0.207. The quantitative estimate of drug-likeness (QED) is 0.242. The Hall–Kier alpha value is -3.79. The van der Waals surface area contributed by atoms with Crippen LogP contribution in [-0.4, -0.2) is 22.8 Å². The molecule has 0 bridgehead atoms. The van der Waals surface area contributed by atoms with Crippen molar-refractivity contribution >= 4 is 22.7 Å². The van der Waals surface area contributed by atoms with Crippen LogP contribution < -0.4 is 0 Å². The third kappa shape index (κ3) is 4.85. The SMILES string of the molecule is CCc1ccc(-c2cc(C(=O)O[C@H](CC)C(=O)c3ccccc3)c3cc(C)ccc3n2)cc1. The maximum atomic E-state index is 13.4. The predicted molar refractivity (Wildman–Crippen MR) is 132 cm³/mol. The number of benzene rings is 3. The summed E-state index contributed by atoms with van der Waals surface area (Å²) in [5.74, 6) is -0.716.